The van der Waals surface area contributed by atoms with Crippen molar-refractivity contribution in [1.82, 2.24) is 4.90 Å². The van der Waals surface area contributed by atoms with E-state index < -0.39 is 5.97 Å². The number of likely N-dealkylation sites (N-methyl/N-ethyl adjacent to an activating group) is 1. The van der Waals surface area contributed by atoms with Crippen molar-refractivity contribution >= 4 is 17.6 Å². The van der Waals surface area contributed by atoms with E-state index in [1.807, 2.05) is 6.07 Å². The number of carbonyl (C=O) groups is 2. The van der Waals surface area contributed by atoms with Crippen LogP contribution in [-0.2, 0) is 9.53 Å². The van der Waals surface area contributed by atoms with Gasteiger partial charge < -0.3 is 9.64 Å². The maximum absolute atomic E-state index is 13.6. The van der Waals surface area contributed by atoms with Crippen LogP contribution in [-0.4, -0.2) is 44.0 Å². The third-order valence-corrected chi connectivity index (χ3v) is 4.98. The number of benzene rings is 2. The lowest BCUT2D eigenvalue weighted by molar-refractivity contribution is -0.119. The number of ether oxygens (including phenoxy) is 1. The Morgan fingerprint density at radius 3 is 2.74 bits per heavy atom. The zero-order valence-electron chi connectivity index (χ0n) is 15.5. The van der Waals surface area contributed by atoms with Crippen LogP contribution in [0.3, 0.4) is 0 Å². The van der Waals surface area contributed by atoms with Gasteiger partial charge >= 0.3 is 5.97 Å². The molecule has 1 atom stereocenters. The van der Waals surface area contributed by atoms with Gasteiger partial charge in [-0.05, 0) is 49.2 Å². The van der Waals surface area contributed by atoms with Crippen LogP contribution in [0.4, 0.5) is 10.1 Å². The number of amides is 1. The molecule has 0 radical (unpaired) electrons. The number of carbonyl (C=O) groups excluding carboxylic acids is 2. The smallest absolute Gasteiger partial charge is 0.339 e. The maximum atomic E-state index is 13.6. The first kappa shape index (κ1) is 19.0. The average molecular weight is 370 g/mol. The Balaban J connectivity index is 1.76. The molecule has 5 nitrogen and oxygen atoms in total. The molecule has 0 spiro atoms. The predicted molar refractivity (Wildman–Crippen MR) is 101 cm³/mol. The van der Waals surface area contributed by atoms with Crippen LogP contribution in [0.2, 0.25) is 0 Å². The third-order valence-electron chi connectivity index (χ3n) is 4.98. The maximum Gasteiger partial charge on any atom is 0.339 e. The van der Waals surface area contributed by atoms with Crippen molar-refractivity contribution in [1.29, 1.82) is 0 Å². The molecule has 1 unspecified atom stereocenters. The summed E-state index contributed by atoms with van der Waals surface area (Å²) in [6.45, 7) is 0.979. The minimum atomic E-state index is -0.482. The van der Waals surface area contributed by atoms with E-state index in [1.165, 1.54) is 24.1 Å². The monoisotopic (exact) mass is 370 g/mol. The number of methoxy groups -OCH3 is 1. The standard InChI is InChI=1S/C21H23FN2O3/c1-23(19-10-4-3-9-17(19)21(26)27-2)20(25)14-24-12-6-11-18(24)15-7-5-8-16(22)13-15/h3-5,7-10,13,18H,6,11-12,14H2,1-2H3. The first-order valence-corrected chi connectivity index (χ1v) is 8.94. The summed E-state index contributed by atoms with van der Waals surface area (Å²) in [5.41, 5.74) is 1.74. The van der Waals surface area contributed by atoms with Crippen LogP contribution in [0, 0.1) is 5.82 Å². The summed E-state index contributed by atoms with van der Waals surface area (Å²) in [5.74, 6) is -0.881. The SMILES string of the molecule is COC(=O)c1ccccc1N(C)C(=O)CN1CCCC1c1cccc(F)c1. The Hall–Kier alpha value is -2.73. The topological polar surface area (TPSA) is 49.9 Å². The molecule has 2 aromatic rings. The fourth-order valence-electron chi connectivity index (χ4n) is 3.57. The highest BCUT2D eigenvalue weighted by Gasteiger charge is 2.29. The lowest BCUT2D eigenvalue weighted by Gasteiger charge is -2.27. The lowest BCUT2D eigenvalue weighted by Crippen LogP contribution is -2.38. The Bertz CT molecular complexity index is 840. The highest BCUT2D eigenvalue weighted by molar-refractivity contribution is 6.02. The molecule has 3 rings (SSSR count). The van der Waals surface area contributed by atoms with E-state index >= 15 is 0 Å². The van der Waals surface area contributed by atoms with Crippen molar-refractivity contribution < 1.29 is 18.7 Å². The summed E-state index contributed by atoms with van der Waals surface area (Å²) in [7, 11) is 2.96. The molecular weight excluding hydrogens is 347 g/mol. The summed E-state index contributed by atoms with van der Waals surface area (Å²) >= 11 is 0. The summed E-state index contributed by atoms with van der Waals surface area (Å²) in [6.07, 6.45) is 1.84. The zero-order valence-corrected chi connectivity index (χ0v) is 15.5. The van der Waals surface area contributed by atoms with Crippen molar-refractivity contribution in [2.24, 2.45) is 0 Å². The highest BCUT2D eigenvalue weighted by atomic mass is 19.1. The number of nitrogens with zero attached hydrogens (tertiary/aromatic N) is 2. The van der Waals surface area contributed by atoms with Crippen LogP contribution in [0.25, 0.3) is 0 Å². The van der Waals surface area contributed by atoms with Gasteiger partial charge in [-0.15, -0.1) is 0 Å². The summed E-state index contributed by atoms with van der Waals surface area (Å²) in [6, 6.07) is 13.4. The number of anilines is 1. The quantitative estimate of drug-likeness (QED) is 0.757. The second-order valence-corrected chi connectivity index (χ2v) is 6.64. The Kier molecular flexibility index (Phi) is 5.86. The van der Waals surface area contributed by atoms with Gasteiger partial charge in [0.1, 0.15) is 5.82 Å². The van der Waals surface area contributed by atoms with E-state index in [1.54, 1.807) is 37.4 Å². The highest BCUT2D eigenvalue weighted by Crippen LogP contribution is 2.32. The molecule has 1 amide bonds. The predicted octanol–water partition coefficient (Wildman–Crippen LogP) is 3.41. The molecule has 142 valence electrons. The number of likely N-dealkylation sites (tertiary alicyclic amines) is 1. The number of rotatable bonds is 5. The molecule has 6 heteroatoms. The van der Waals surface area contributed by atoms with Gasteiger partial charge in [0.05, 0.1) is 24.9 Å². The van der Waals surface area contributed by atoms with Crippen LogP contribution in [0.15, 0.2) is 48.5 Å². The van der Waals surface area contributed by atoms with Gasteiger partial charge in [0, 0.05) is 13.1 Å². The number of hydrogen-bond donors (Lipinski definition) is 0. The molecule has 1 saturated heterocycles. The van der Waals surface area contributed by atoms with E-state index in [0.29, 0.717) is 11.3 Å². The van der Waals surface area contributed by atoms with Crippen LogP contribution in [0.1, 0.15) is 34.8 Å². The summed E-state index contributed by atoms with van der Waals surface area (Å²) in [5, 5.41) is 0. The minimum Gasteiger partial charge on any atom is -0.465 e. The molecule has 0 aliphatic carbocycles. The van der Waals surface area contributed by atoms with Gasteiger partial charge in [-0.2, -0.15) is 0 Å². The van der Waals surface area contributed by atoms with Gasteiger partial charge in [-0.1, -0.05) is 24.3 Å². The molecule has 1 aliphatic heterocycles. The summed E-state index contributed by atoms with van der Waals surface area (Å²) < 4.78 is 18.4. The van der Waals surface area contributed by atoms with Crippen LogP contribution >= 0.6 is 0 Å². The molecule has 0 bridgehead atoms. The first-order chi connectivity index (χ1) is 13.0. The lowest BCUT2D eigenvalue weighted by atomic mass is 10.0. The van der Waals surface area contributed by atoms with Crippen molar-refractivity contribution in [2.75, 3.05) is 32.1 Å². The Labute approximate surface area is 158 Å². The van der Waals surface area contributed by atoms with Crippen molar-refractivity contribution in [3.8, 4) is 0 Å². The average Bonchev–Trinajstić information content (AvgIpc) is 3.14. The number of esters is 1. The number of para-hydroxylation sites is 1. The van der Waals surface area contributed by atoms with Gasteiger partial charge in [-0.3, -0.25) is 9.69 Å². The van der Waals surface area contributed by atoms with Crippen molar-refractivity contribution in [3.05, 3.63) is 65.5 Å². The van der Waals surface area contributed by atoms with Crippen LogP contribution < -0.4 is 4.90 Å². The molecule has 1 fully saturated rings. The zero-order chi connectivity index (χ0) is 19.4. The second-order valence-electron chi connectivity index (χ2n) is 6.64. The molecule has 27 heavy (non-hydrogen) atoms. The second kappa shape index (κ2) is 8.31. The van der Waals surface area contributed by atoms with Gasteiger partial charge in [0.25, 0.3) is 0 Å². The molecule has 0 N–H and O–H groups in total. The largest absolute Gasteiger partial charge is 0.465 e. The Morgan fingerprint density at radius 2 is 2.00 bits per heavy atom. The van der Waals surface area contributed by atoms with Crippen LogP contribution in [0.5, 0.6) is 0 Å². The van der Waals surface area contributed by atoms with Crippen molar-refractivity contribution in [2.45, 2.75) is 18.9 Å². The molecule has 1 aliphatic rings. The van der Waals surface area contributed by atoms with E-state index in [-0.39, 0.29) is 24.3 Å². The first-order valence-electron chi connectivity index (χ1n) is 8.94. The third kappa shape index (κ3) is 4.17. The minimum absolute atomic E-state index is 0.0221. The number of halogens is 1. The Morgan fingerprint density at radius 1 is 1.22 bits per heavy atom. The van der Waals surface area contributed by atoms with E-state index in [4.69, 9.17) is 4.74 Å². The number of hydrogen-bond acceptors (Lipinski definition) is 4. The molecule has 1 heterocycles. The van der Waals surface area contributed by atoms with Gasteiger partial charge in [-0.25, -0.2) is 9.18 Å². The normalized spacial score (nSPS) is 16.9. The van der Waals surface area contributed by atoms with Crippen molar-refractivity contribution in [3.63, 3.8) is 0 Å². The van der Waals surface area contributed by atoms with E-state index in [2.05, 4.69) is 4.90 Å². The van der Waals surface area contributed by atoms with Gasteiger partial charge in [0.2, 0.25) is 5.91 Å². The van der Waals surface area contributed by atoms with Gasteiger partial charge in [0.15, 0.2) is 0 Å². The molecule has 0 aromatic heterocycles. The molecule has 2 aromatic carbocycles. The van der Waals surface area contributed by atoms with E-state index in [0.717, 1.165) is 24.9 Å². The summed E-state index contributed by atoms with van der Waals surface area (Å²) in [4.78, 5) is 28.4. The fourth-order valence-corrected chi connectivity index (χ4v) is 3.57. The molecular formula is C21H23FN2O3. The van der Waals surface area contributed by atoms with E-state index in [9.17, 15) is 14.0 Å². The fraction of sp³-hybridized carbons (Fsp3) is 0.333. The molecule has 0 saturated carbocycles.